The van der Waals surface area contributed by atoms with Gasteiger partial charge in [-0.15, -0.1) is 0 Å². The van der Waals surface area contributed by atoms with E-state index in [1.165, 1.54) is 0 Å². The summed E-state index contributed by atoms with van der Waals surface area (Å²) in [5.41, 5.74) is 0. The molecule has 0 saturated carbocycles. The van der Waals surface area contributed by atoms with Gasteiger partial charge >= 0.3 is 5.97 Å². The highest BCUT2D eigenvalue weighted by Gasteiger charge is 2.19. The predicted molar refractivity (Wildman–Crippen MR) is 55.1 cm³/mol. The van der Waals surface area contributed by atoms with Crippen LogP contribution < -0.4 is 10.6 Å². The van der Waals surface area contributed by atoms with Gasteiger partial charge in [0.2, 0.25) is 0 Å². The number of carbonyl (C=O) groups is 1. The lowest BCUT2D eigenvalue weighted by atomic mass is 10.1. The Morgan fingerprint density at radius 1 is 1.57 bits per heavy atom. The largest absolute Gasteiger partial charge is 0.465 e. The van der Waals surface area contributed by atoms with Crippen LogP contribution in [0, 0.1) is 0 Å². The molecule has 2 N–H and O–H groups in total. The van der Waals surface area contributed by atoms with E-state index in [2.05, 4.69) is 10.6 Å². The van der Waals surface area contributed by atoms with Crippen molar-refractivity contribution in [2.45, 2.75) is 38.8 Å². The second-order valence-electron chi connectivity index (χ2n) is 3.66. The number of hydrogen-bond donors (Lipinski definition) is 2. The molecule has 0 aromatic carbocycles. The van der Waals surface area contributed by atoms with E-state index in [-0.39, 0.29) is 12.0 Å². The first-order valence-corrected chi connectivity index (χ1v) is 5.37. The van der Waals surface area contributed by atoms with Crippen molar-refractivity contribution in [3.8, 4) is 0 Å². The van der Waals surface area contributed by atoms with Crippen molar-refractivity contribution in [2.24, 2.45) is 0 Å². The summed E-state index contributed by atoms with van der Waals surface area (Å²) in [6.45, 7) is 6.21. The molecule has 1 unspecified atom stereocenters. The van der Waals surface area contributed by atoms with E-state index in [0.717, 1.165) is 25.9 Å². The van der Waals surface area contributed by atoms with Gasteiger partial charge in [0.15, 0.2) is 0 Å². The molecule has 14 heavy (non-hydrogen) atoms. The summed E-state index contributed by atoms with van der Waals surface area (Å²) in [6, 6.07) is 0.272. The molecule has 1 atom stereocenters. The summed E-state index contributed by atoms with van der Waals surface area (Å²) >= 11 is 0. The lowest BCUT2D eigenvalue weighted by Gasteiger charge is -2.26. The third kappa shape index (κ3) is 3.64. The minimum absolute atomic E-state index is 0.147. The zero-order valence-corrected chi connectivity index (χ0v) is 9.01. The van der Waals surface area contributed by atoms with Gasteiger partial charge in [-0.25, -0.2) is 0 Å². The smallest absolute Gasteiger partial charge is 0.322 e. The molecular weight excluding hydrogens is 180 g/mol. The lowest BCUT2D eigenvalue weighted by Crippen LogP contribution is -2.46. The number of carbonyl (C=O) groups excluding carboxylic acids is 1. The van der Waals surface area contributed by atoms with Crippen LogP contribution in [0.3, 0.4) is 0 Å². The van der Waals surface area contributed by atoms with E-state index in [1.54, 1.807) is 0 Å². The summed E-state index contributed by atoms with van der Waals surface area (Å²) in [5.74, 6) is -0.147. The normalized spacial score (nSPS) is 20.4. The fourth-order valence-electron chi connectivity index (χ4n) is 1.68. The molecule has 0 aliphatic carbocycles. The van der Waals surface area contributed by atoms with Gasteiger partial charge in [-0.05, 0) is 39.8 Å². The van der Waals surface area contributed by atoms with Gasteiger partial charge in [-0.2, -0.15) is 0 Å². The SMILES string of the molecule is CCOC(=O)C(C)NC1CCNCC1. The van der Waals surface area contributed by atoms with Crippen molar-refractivity contribution >= 4 is 5.97 Å². The molecule has 0 radical (unpaired) electrons. The first kappa shape index (κ1) is 11.5. The highest BCUT2D eigenvalue weighted by Crippen LogP contribution is 2.03. The van der Waals surface area contributed by atoms with Gasteiger partial charge in [0, 0.05) is 6.04 Å². The van der Waals surface area contributed by atoms with Crippen LogP contribution in [-0.2, 0) is 9.53 Å². The zero-order valence-electron chi connectivity index (χ0n) is 9.01. The third-order valence-electron chi connectivity index (χ3n) is 2.47. The van der Waals surface area contributed by atoms with E-state index in [0.29, 0.717) is 12.6 Å². The van der Waals surface area contributed by atoms with Crippen LogP contribution in [0.2, 0.25) is 0 Å². The van der Waals surface area contributed by atoms with Crippen molar-refractivity contribution in [3.63, 3.8) is 0 Å². The van der Waals surface area contributed by atoms with E-state index >= 15 is 0 Å². The summed E-state index contributed by atoms with van der Waals surface area (Å²) < 4.78 is 4.93. The molecule has 1 heterocycles. The van der Waals surface area contributed by atoms with Gasteiger partial charge in [0.1, 0.15) is 6.04 Å². The quantitative estimate of drug-likeness (QED) is 0.640. The van der Waals surface area contributed by atoms with Crippen molar-refractivity contribution in [2.75, 3.05) is 19.7 Å². The van der Waals surface area contributed by atoms with Crippen LogP contribution in [0.4, 0.5) is 0 Å². The molecule has 0 amide bonds. The molecule has 4 heteroatoms. The van der Waals surface area contributed by atoms with E-state index in [1.807, 2.05) is 13.8 Å². The molecule has 1 fully saturated rings. The first-order valence-electron chi connectivity index (χ1n) is 5.37. The predicted octanol–water partition coefficient (Wildman–Crippen LogP) is 0.280. The maximum absolute atomic E-state index is 11.3. The first-order chi connectivity index (χ1) is 6.74. The molecular formula is C10H20N2O2. The van der Waals surface area contributed by atoms with E-state index in [9.17, 15) is 4.79 Å². The van der Waals surface area contributed by atoms with Crippen LogP contribution >= 0.6 is 0 Å². The third-order valence-corrected chi connectivity index (χ3v) is 2.47. The molecule has 0 aromatic rings. The van der Waals surface area contributed by atoms with Gasteiger partial charge in [-0.3, -0.25) is 4.79 Å². The Bertz CT molecular complexity index is 179. The van der Waals surface area contributed by atoms with Crippen molar-refractivity contribution in [3.05, 3.63) is 0 Å². The lowest BCUT2D eigenvalue weighted by molar-refractivity contribution is -0.145. The standard InChI is InChI=1S/C10H20N2O2/c1-3-14-10(13)8(2)12-9-4-6-11-7-5-9/h8-9,11-12H,3-7H2,1-2H3. The summed E-state index contributed by atoms with van der Waals surface area (Å²) in [7, 11) is 0. The fraction of sp³-hybridized carbons (Fsp3) is 0.900. The Morgan fingerprint density at radius 2 is 2.21 bits per heavy atom. The minimum Gasteiger partial charge on any atom is -0.465 e. The van der Waals surface area contributed by atoms with E-state index in [4.69, 9.17) is 4.74 Å². The Hall–Kier alpha value is -0.610. The van der Waals surface area contributed by atoms with Crippen LogP contribution in [0.5, 0.6) is 0 Å². The Morgan fingerprint density at radius 3 is 2.79 bits per heavy atom. The van der Waals surface area contributed by atoms with Crippen molar-refractivity contribution in [1.29, 1.82) is 0 Å². The number of hydrogen-bond acceptors (Lipinski definition) is 4. The van der Waals surface area contributed by atoms with Gasteiger partial charge in [-0.1, -0.05) is 0 Å². The molecule has 0 spiro atoms. The average molecular weight is 200 g/mol. The molecule has 1 aliphatic rings. The van der Waals surface area contributed by atoms with Crippen molar-refractivity contribution < 1.29 is 9.53 Å². The summed E-state index contributed by atoms with van der Waals surface area (Å²) in [5, 5.41) is 6.58. The van der Waals surface area contributed by atoms with Gasteiger partial charge in [0.05, 0.1) is 6.61 Å². The number of rotatable bonds is 4. The Labute approximate surface area is 85.4 Å². The summed E-state index contributed by atoms with van der Waals surface area (Å²) in [4.78, 5) is 11.3. The van der Waals surface area contributed by atoms with Crippen LogP contribution in [0.15, 0.2) is 0 Å². The molecule has 1 saturated heterocycles. The van der Waals surface area contributed by atoms with Crippen LogP contribution in [0.1, 0.15) is 26.7 Å². The average Bonchev–Trinajstić information content (AvgIpc) is 2.19. The topological polar surface area (TPSA) is 50.4 Å². The highest BCUT2D eigenvalue weighted by atomic mass is 16.5. The van der Waals surface area contributed by atoms with Crippen LogP contribution in [-0.4, -0.2) is 37.7 Å². The molecule has 1 aliphatic heterocycles. The zero-order chi connectivity index (χ0) is 10.4. The van der Waals surface area contributed by atoms with Crippen molar-refractivity contribution in [1.82, 2.24) is 10.6 Å². The number of nitrogens with one attached hydrogen (secondary N) is 2. The monoisotopic (exact) mass is 200 g/mol. The molecule has 0 bridgehead atoms. The number of piperidine rings is 1. The molecule has 0 aromatic heterocycles. The highest BCUT2D eigenvalue weighted by molar-refractivity contribution is 5.75. The van der Waals surface area contributed by atoms with Gasteiger partial charge in [0.25, 0.3) is 0 Å². The van der Waals surface area contributed by atoms with Crippen LogP contribution in [0.25, 0.3) is 0 Å². The second-order valence-corrected chi connectivity index (χ2v) is 3.66. The summed E-state index contributed by atoms with van der Waals surface area (Å²) in [6.07, 6.45) is 2.17. The Kier molecular flexibility index (Phi) is 4.90. The van der Waals surface area contributed by atoms with E-state index < -0.39 is 0 Å². The maximum atomic E-state index is 11.3. The molecule has 82 valence electrons. The minimum atomic E-state index is -0.182. The number of esters is 1. The van der Waals surface area contributed by atoms with Gasteiger partial charge < -0.3 is 15.4 Å². The second kappa shape index (κ2) is 5.98. The Balaban J connectivity index is 2.24. The fourth-order valence-corrected chi connectivity index (χ4v) is 1.68. The maximum Gasteiger partial charge on any atom is 0.322 e. The molecule has 4 nitrogen and oxygen atoms in total. The molecule has 1 rings (SSSR count). The number of ether oxygens (including phenoxy) is 1.